The van der Waals surface area contributed by atoms with E-state index in [0.717, 1.165) is 12.8 Å². The van der Waals surface area contributed by atoms with E-state index in [4.69, 9.17) is 21.4 Å². The molecule has 15 heavy (non-hydrogen) atoms. The highest BCUT2D eigenvalue weighted by atomic mass is 35.5. The van der Waals surface area contributed by atoms with E-state index in [0.29, 0.717) is 16.6 Å². The molecule has 1 aromatic heterocycles. The highest BCUT2D eigenvalue weighted by Crippen LogP contribution is 2.19. The van der Waals surface area contributed by atoms with Gasteiger partial charge in [-0.1, -0.05) is 24.9 Å². The number of ether oxygens (including phenoxy) is 1. The normalized spacial score (nSPS) is 12.5. The number of hydrogen-bond donors (Lipinski definition) is 1. The van der Waals surface area contributed by atoms with Crippen LogP contribution < -0.4 is 4.74 Å². The van der Waals surface area contributed by atoms with Crippen LogP contribution in [-0.4, -0.2) is 16.2 Å². The lowest BCUT2D eigenvalue weighted by Gasteiger charge is -2.13. The van der Waals surface area contributed by atoms with E-state index in [9.17, 15) is 0 Å². The lowest BCUT2D eigenvalue weighted by atomic mass is 10.2. The van der Waals surface area contributed by atoms with Gasteiger partial charge >= 0.3 is 0 Å². The zero-order chi connectivity index (χ0) is 11.3. The maximum absolute atomic E-state index is 8.98. The second kappa shape index (κ2) is 5.93. The zero-order valence-electron chi connectivity index (χ0n) is 9.03. The molecule has 0 saturated heterocycles. The summed E-state index contributed by atoms with van der Waals surface area (Å²) in [7, 11) is 0. The second-order valence-electron chi connectivity index (χ2n) is 3.45. The third-order valence-electron chi connectivity index (χ3n) is 2.06. The molecule has 3 nitrogen and oxygen atoms in total. The molecule has 0 aliphatic rings. The number of hydrogen-bond acceptors (Lipinski definition) is 3. The van der Waals surface area contributed by atoms with E-state index in [1.54, 1.807) is 12.1 Å². The monoisotopic (exact) mass is 229 g/mol. The number of aromatic nitrogens is 1. The summed E-state index contributed by atoms with van der Waals surface area (Å²) >= 11 is 5.82. The van der Waals surface area contributed by atoms with Gasteiger partial charge in [0.15, 0.2) is 0 Å². The number of rotatable bonds is 5. The molecule has 1 atom stereocenters. The summed E-state index contributed by atoms with van der Waals surface area (Å²) in [6, 6.07) is 3.40. The van der Waals surface area contributed by atoms with Gasteiger partial charge in [0.1, 0.15) is 0 Å². The predicted molar refractivity (Wildman–Crippen MR) is 60.2 cm³/mol. The van der Waals surface area contributed by atoms with Crippen LogP contribution in [0, 0.1) is 0 Å². The van der Waals surface area contributed by atoms with E-state index in [-0.39, 0.29) is 12.7 Å². The van der Waals surface area contributed by atoms with Gasteiger partial charge in [0.05, 0.1) is 23.4 Å². The van der Waals surface area contributed by atoms with Crippen LogP contribution in [0.5, 0.6) is 5.88 Å². The number of nitrogens with zero attached hydrogens (tertiary/aromatic N) is 1. The highest BCUT2D eigenvalue weighted by molar-refractivity contribution is 6.31. The number of halogens is 1. The summed E-state index contributed by atoms with van der Waals surface area (Å²) in [4.78, 5) is 4.11. The molecule has 0 aliphatic carbocycles. The van der Waals surface area contributed by atoms with Gasteiger partial charge in [-0.3, -0.25) is 0 Å². The van der Waals surface area contributed by atoms with Crippen LogP contribution in [-0.2, 0) is 6.61 Å². The van der Waals surface area contributed by atoms with Gasteiger partial charge in [-0.15, -0.1) is 0 Å². The molecule has 4 heteroatoms. The summed E-state index contributed by atoms with van der Waals surface area (Å²) in [5, 5.41) is 9.44. The first-order chi connectivity index (χ1) is 7.17. The highest BCUT2D eigenvalue weighted by Gasteiger charge is 2.07. The van der Waals surface area contributed by atoms with Crippen LogP contribution in [0.15, 0.2) is 12.1 Å². The van der Waals surface area contributed by atoms with Crippen LogP contribution in [0.1, 0.15) is 32.4 Å². The predicted octanol–water partition coefficient (Wildman–Crippen LogP) is 2.79. The van der Waals surface area contributed by atoms with Crippen LogP contribution in [0.3, 0.4) is 0 Å². The SMILES string of the molecule is CCCC(C)Oc1ccc(Cl)c(CO)n1. The number of aliphatic hydroxyl groups excluding tert-OH is 1. The van der Waals surface area contributed by atoms with Crippen LogP contribution in [0.2, 0.25) is 5.02 Å². The average Bonchev–Trinajstić information content (AvgIpc) is 2.21. The average molecular weight is 230 g/mol. The fraction of sp³-hybridized carbons (Fsp3) is 0.545. The minimum Gasteiger partial charge on any atom is -0.475 e. The third-order valence-corrected chi connectivity index (χ3v) is 2.40. The van der Waals surface area contributed by atoms with Crippen molar-refractivity contribution in [3.8, 4) is 5.88 Å². The van der Waals surface area contributed by atoms with Crippen molar-refractivity contribution in [3.05, 3.63) is 22.8 Å². The van der Waals surface area contributed by atoms with E-state index < -0.39 is 0 Å². The lowest BCUT2D eigenvalue weighted by molar-refractivity contribution is 0.198. The van der Waals surface area contributed by atoms with E-state index >= 15 is 0 Å². The molecule has 0 bridgehead atoms. The molecular formula is C11H16ClNO2. The molecule has 1 unspecified atom stereocenters. The second-order valence-corrected chi connectivity index (χ2v) is 3.86. The van der Waals surface area contributed by atoms with E-state index in [1.807, 2.05) is 6.92 Å². The van der Waals surface area contributed by atoms with Gasteiger partial charge in [0.25, 0.3) is 0 Å². The Labute approximate surface area is 95.1 Å². The number of aliphatic hydroxyl groups is 1. The van der Waals surface area contributed by atoms with Gasteiger partial charge in [-0.25, -0.2) is 4.98 Å². The molecular weight excluding hydrogens is 214 g/mol. The molecule has 84 valence electrons. The van der Waals surface area contributed by atoms with Crippen molar-refractivity contribution in [1.82, 2.24) is 4.98 Å². The smallest absolute Gasteiger partial charge is 0.213 e. The summed E-state index contributed by atoms with van der Waals surface area (Å²) in [5.41, 5.74) is 0.456. The van der Waals surface area contributed by atoms with Crippen molar-refractivity contribution in [2.24, 2.45) is 0 Å². The van der Waals surface area contributed by atoms with Gasteiger partial charge < -0.3 is 9.84 Å². The maximum atomic E-state index is 8.98. The third kappa shape index (κ3) is 3.68. The molecule has 1 heterocycles. The Morgan fingerprint density at radius 3 is 2.87 bits per heavy atom. The quantitative estimate of drug-likeness (QED) is 0.844. The molecule has 0 aliphatic heterocycles. The van der Waals surface area contributed by atoms with Gasteiger partial charge in [-0.05, 0) is 19.4 Å². The molecule has 0 aromatic carbocycles. The van der Waals surface area contributed by atoms with E-state index in [2.05, 4.69) is 11.9 Å². The minimum atomic E-state index is -0.168. The standard InChI is InChI=1S/C11H16ClNO2/c1-3-4-8(2)15-11-6-5-9(12)10(7-14)13-11/h5-6,8,14H,3-4,7H2,1-2H3. The summed E-state index contributed by atoms with van der Waals surface area (Å²) in [6.07, 6.45) is 2.19. The van der Waals surface area contributed by atoms with Crippen molar-refractivity contribution in [1.29, 1.82) is 0 Å². The first kappa shape index (κ1) is 12.3. The molecule has 1 aromatic rings. The van der Waals surface area contributed by atoms with Crippen molar-refractivity contribution in [3.63, 3.8) is 0 Å². The largest absolute Gasteiger partial charge is 0.475 e. The first-order valence-corrected chi connectivity index (χ1v) is 5.48. The minimum absolute atomic E-state index is 0.134. The lowest BCUT2D eigenvalue weighted by Crippen LogP contribution is -2.12. The summed E-state index contributed by atoms with van der Waals surface area (Å²) in [6.45, 7) is 3.94. The Morgan fingerprint density at radius 1 is 1.53 bits per heavy atom. The van der Waals surface area contributed by atoms with Crippen LogP contribution in [0.4, 0.5) is 0 Å². The molecule has 0 radical (unpaired) electrons. The van der Waals surface area contributed by atoms with Crippen LogP contribution >= 0.6 is 11.6 Å². The Bertz CT molecular complexity index is 317. The van der Waals surface area contributed by atoms with Crippen LogP contribution in [0.25, 0.3) is 0 Å². The van der Waals surface area contributed by atoms with Gasteiger partial charge in [-0.2, -0.15) is 0 Å². The van der Waals surface area contributed by atoms with Gasteiger partial charge in [0.2, 0.25) is 5.88 Å². The molecule has 0 amide bonds. The molecule has 0 spiro atoms. The Hall–Kier alpha value is -0.800. The summed E-state index contributed by atoms with van der Waals surface area (Å²) in [5.74, 6) is 0.518. The van der Waals surface area contributed by atoms with E-state index in [1.165, 1.54) is 0 Å². The molecule has 0 fully saturated rings. The van der Waals surface area contributed by atoms with Gasteiger partial charge in [0, 0.05) is 6.07 Å². The Kier molecular flexibility index (Phi) is 4.85. The molecule has 1 rings (SSSR count). The maximum Gasteiger partial charge on any atom is 0.213 e. The summed E-state index contributed by atoms with van der Waals surface area (Å²) < 4.78 is 5.57. The Balaban J connectivity index is 2.69. The molecule has 0 saturated carbocycles. The fourth-order valence-electron chi connectivity index (χ4n) is 1.31. The van der Waals surface area contributed by atoms with Crippen molar-refractivity contribution in [2.75, 3.05) is 0 Å². The first-order valence-electron chi connectivity index (χ1n) is 5.10. The zero-order valence-corrected chi connectivity index (χ0v) is 9.79. The fourth-order valence-corrected chi connectivity index (χ4v) is 1.48. The Morgan fingerprint density at radius 2 is 2.27 bits per heavy atom. The topological polar surface area (TPSA) is 42.4 Å². The van der Waals surface area contributed by atoms with Crippen molar-refractivity contribution in [2.45, 2.75) is 39.4 Å². The number of pyridine rings is 1. The van der Waals surface area contributed by atoms with Crippen molar-refractivity contribution < 1.29 is 9.84 Å². The molecule has 1 N–H and O–H groups in total. The van der Waals surface area contributed by atoms with Crippen molar-refractivity contribution >= 4 is 11.6 Å².